The highest BCUT2D eigenvalue weighted by Crippen LogP contribution is 2.39. The van der Waals surface area contributed by atoms with Crippen molar-refractivity contribution in [3.63, 3.8) is 0 Å². The number of carbonyl (C=O) groups excluding carboxylic acids is 1. The molecule has 0 aliphatic rings. The van der Waals surface area contributed by atoms with Gasteiger partial charge in [-0.25, -0.2) is 0 Å². The summed E-state index contributed by atoms with van der Waals surface area (Å²) in [6, 6.07) is 0. The van der Waals surface area contributed by atoms with Gasteiger partial charge >= 0.3 is 0 Å². The standard InChI is InChI=1S/C21H41ClO/c1-6-9-13-19(11-7-2)16-21(5,18(4)23)17-20(12-8-3)14-10-15-22/h19-20H,6-17H2,1-5H3. The third-order valence-corrected chi connectivity index (χ3v) is 5.70. The van der Waals surface area contributed by atoms with Gasteiger partial charge in [-0.15, -0.1) is 11.6 Å². The van der Waals surface area contributed by atoms with E-state index in [0.29, 0.717) is 17.6 Å². The summed E-state index contributed by atoms with van der Waals surface area (Å²) >= 11 is 5.90. The van der Waals surface area contributed by atoms with Gasteiger partial charge in [0.25, 0.3) is 0 Å². The fourth-order valence-corrected chi connectivity index (χ4v) is 4.17. The number of carbonyl (C=O) groups is 1. The van der Waals surface area contributed by atoms with Crippen LogP contribution >= 0.6 is 11.6 Å². The molecule has 0 rings (SSSR count). The minimum atomic E-state index is -0.139. The smallest absolute Gasteiger partial charge is 0.135 e. The lowest BCUT2D eigenvalue weighted by Gasteiger charge is -2.34. The quantitative estimate of drug-likeness (QED) is 0.283. The normalized spacial score (nSPS) is 16.8. The molecule has 0 N–H and O–H groups in total. The summed E-state index contributed by atoms with van der Waals surface area (Å²) in [5.41, 5.74) is -0.139. The van der Waals surface area contributed by atoms with Crippen LogP contribution in [0.15, 0.2) is 0 Å². The Morgan fingerprint density at radius 1 is 0.870 bits per heavy atom. The predicted molar refractivity (Wildman–Crippen MR) is 104 cm³/mol. The number of rotatable bonds is 15. The van der Waals surface area contributed by atoms with Crippen molar-refractivity contribution in [1.29, 1.82) is 0 Å². The molecule has 0 saturated heterocycles. The zero-order valence-corrected chi connectivity index (χ0v) is 17.2. The van der Waals surface area contributed by atoms with Gasteiger partial charge in [-0.2, -0.15) is 0 Å². The van der Waals surface area contributed by atoms with E-state index in [4.69, 9.17) is 11.6 Å². The maximum atomic E-state index is 12.5. The van der Waals surface area contributed by atoms with Gasteiger partial charge in [0.05, 0.1) is 0 Å². The number of Topliss-reactive ketones (excluding diaryl/α,β-unsaturated/α-hetero) is 1. The van der Waals surface area contributed by atoms with E-state index in [1.165, 1.54) is 51.4 Å². The first-order chi connectivity index (χ1) is 10.9. The van der Waals surface area contributed by atoms with E-state index in [1.54, 1.807) is 0 Å². The van der Waals surface area contributed by atoms with Crippen LogP contribution < -0.4 is 0 Å². The van der Waals surface area contributed by atoms with E-state index in [-0.39, 0.29) is 5.41 Å². The van der Waals surface area contributed by atoms with Crippen molar-refractivity contribution in [1.82, 2.24) is 0 Å². The van der Waals surface area contributed by atoms with Gasteiger partial charge in [-0.05, 0) is 44.4 Å². The third kappa shape index (κ3) is 9.75. The molecule has 0 aromatic heterocycles. The first-order valence-corrected chi connectivity index (χ1v) is 10.5. The van der Waals surface area contributed by atoms with Gasteiger partial charge in [0, 0.05) is 11.3 Å². The second-order valence-corrected chi connectivity index (χ2v) is 8.19. The molecule has 23 heavy (non-hydrogen) atoms. The van der Waals surface area contributed by atoms with Crippen LogP contribution in [0.3, 0.4) is 0 Å². The molecular formula is C21H41ClO. The predicted octanol–water partition coefficient (Wildman–Crippen LogP) is 7.40. The number of hydrogen-bond acceptors (Lipinski definition) is 1. The number of alkyl halides is 1. The van der Waals surface area contributed by atoms with Gasteiger partial charge in [0.2, 0.25) is 0 Å². The number of hydrogen-bond donors (Lipinski definition) is 0. The average molecular weight is 345 g/mol. The summed E-state index contributed by atoms with van der Waals surface area (Å²) in [6.45, 7) is 10.8. The topological polar surface area (TPSA) is 17.1 Å². The lowest BCUT2D eigenvalue weighted by atomic mass is 9.69. The molecule has 0 aliphatic heterocycles. The lowest BCUT2D eigenvalue weighted by Crippen LogP contribution is -2.31. The molecule has 0 amide bonds. The average Bonchev–Trinajstić information content (AvgIpc) is 2.50. The Kier molecular flexibility index (Phi) is 13.3. The summed E-state index contributed by atoms with van der Waals surface area (Å²) < 4.78 is 0. The van der Waals surface area contributed by atoms with Crippen molar-refractivity contribution < 1.29 is 4.79 Å². The zero-order valence-electron chi connectivity index (χ0n) is 16.4. The fraction of sp³-hybridized carbons (Fsp3) is 0.952. The first kappa shape index (κ1) is 23.0. The summed E-state index contributed by atoms with van der Waals surface area (Å²) in [7, 11) is 0. The molecule has 0 heterocycles. The summed E-state index contributed by atoms with van der Waals surface area (Å²) in [6.07, 6.45) is 13.2. The fourth-order valence-electron chi connectivity index (χ4n) is 4.02. The lowest BCUT2D eigenvalue weighted by molar-refractivity contribution is -0.128. The second-order valence-electron chi connectivity index (χ2n) is 7.81. The molecule has 0 fully saturated rings. The van der Waals surface area contributed by atoms with Crippen LogP contribution in [-0.4, -0.2) is 11.7 Å². The minimum absolute atomic E-state index is 0.139. The number of unbranched alkanes of at least 4 members (excludes halogenated alkanes) is 1. The molecule has 0 saturated carbocycles. The Morgan fingerprint density at radius 2 is 1.35 bits per heavy atom. The van der Waals surface area contributed by atoms with E-state index in [1.807, 2.05) is 6.92 Å². The Hall–Kier alpha value is -0.0400. The summed E-state index contributed by atoms with van der Waals surface area (Å²) in [5.74, 6) is 2.50. The van der Waals surface area contributed by atoms with Crippen LogP contribution in [0.2, 0.25) is 0 Å². The second kappa shape index (κ2) is 13.3. The van der Waals surface area contributed by atoms with Crippen molar-refractivity contribution in [3.8, 4) is 0 Å². The SMILES string of the molecule is CCCCC(CCC)CC(C)(CC(CCC)CCCCl)C(C)=O. The molecule has 0 aromatic rings. The van der Waals surface area contributed by atoms with Gasteiger partial charge in [-0.1, -0.05) is 72.6 Å². The largest absolute Gasteiger partial charge is 0.299 e. The zero-order chi connectivity index (χ0) is 17.7. The Labute approximate surface area is 151 Å². The van der Waals surface area contributed by atoms with E-state index in [9.17, 15) is 4.79 Å². The van der Waals surface area contributed by atoms with Crippen LogP contribution in [-0.2, 0) is 4.79 Å². The molecule has 0 bridgehead atoms. The maximum Gasteiger partial charge on any atom is 0.135 e. The molecule has 138 valence electrons. The molecular weight excluding hydrogens is 304 g/mol. The molecule has 0 aromatic carbocycles. The van der Waals surface area contributed by atoms with E-state index >= 15 is 0 Å². The Morgan fingerprint density at radius 3 is 1.70 bits per heavy atom. The third-order valence-electron chi connectivity index (χ3n) is 5.43. The van der Waals surface area contributed by atoms with Crippen molar-refractivity contribution in [2.45, 2.75) is 105 Å². The minimum Gasteiger partial charge on any atom is -0.299 e. The highest BCUT2D eigenvalue weighted by molar-refractivity contribution is 6.17. The van der Waals surface area contributed by atoms with Crippen molar-refractivity contribution >= 4 is 17.4 Å². The monoisotopic (exact) mass is 344 g/mol. The van der Waals surface area contributed by atoms with Crippen LogP contribution in [0, 0.1) is 17.3 Å². The van der Waals surface area contributed by atoms with E-state index < -0.39 is 0 Å². The van der Waals surface area contributed by atoms with Crippen LogP contribution in [0.4, 0.5) is 0 Å². The van der Waals surface area contributed by atoms with Crippen molar-refractivity contribution in [2.75, 3.05) is 5.88 Å². The number of halogens is 1. The number of ketones is 1. The van der Waals surface area contributed by atoms with Crippen molar-refractivity contribution in [3.05, 3.63) is 0 Å². The van der Waals surface area contributed by atoms with Gasteiger partial charge < -0.3 is 0 Å². The van der Waals surface area contributed by atoms with Gasteiger partial charge in [0.15, 0.2) is 0 Å². The summed E-state index contributed by atoms with van der Waals surface area (Å²) in [5, 5.41) is 0. The molecule has 3 unspecified atom stereocenters. The molecule has 3 atom stereocenters. The van der Waals surface area contributed by atoms with E-state index in [0.717, 1.165) is 25.1 Å². The molecule has 1 nitrogen and oxygen atoms in total. The van der Waals surface area contributed by atoms with Gasteiger partial charge in [-0.3, -0.25) is 4.79 Å². The highest BCUT2D eigenvalue weighted by Gasteiger charge is 2.34. The summed E-state index contributed by atoms with van der Waals surface area (Å²) in [4.78, 5) is 12.5. The van der Waals surface area contributed by atoms with Crippen LogP contribution in [0.1, 0.15) is 105 Å². The molecule has 2 heteroatoms. The van der Waals surface area contributed by atoms with Gasteiger partial charge in [0.1, 0.15) is 5.78 Å². The van der Waals surface area contributed by atoms with E-state index in [2.05, 4.69) is 27.7 Å². The van der Waals surface area contributed by atoms with Crippen LogP contribution in [0.25, 0.3) is 0 Å². The first-order valence-electron chi connectivity index (χ1n) is 10.00. The molecule has 0 radical (unpaired) electrons. The molecule has 0 spiro atoms. The van der Waals surface area contributed by atoms with Crippen molar-refractivity contribution in [2.24, 2.45) is 17.3 Å². The molecule has 0 aliphatic carbocycles. The highest BCUT2D eigenvalue weighted by atomic mass is 35.5. The maximum absolute atomic E-state index is 12.5. The Balaban J connectivity index is 4.93. The Bertz CT molecular complexity index is 280. The van der Waals surface area contributed by atoms with Crippen LogP contribution in [0.5, 0.6) is 0 Å².